The Balaban J connectivity index is 2.52. The number of unbranched alkanes of at least 4 members (excludes halogenated alkanes) is 2. The molecule has 0 heterocycles. The SMILES string of the molecule is CCCCc1cc2c(CCCC)cccc2cc1C(C)=O. The predicted molar refractivity (Wildman–Crippen MR) is 91.2 cm³/mol. The third kappa shape index (κ3) is 3.72. The molecule has 2 aromatic carbocycles. The maximum Gasteiger partial charge on any atom is 0.160 e. The molecule has 21 heavy (non-hydrogen) atoms. The molecule has 0 spiro atoms. The van der Waals surface area contributed by atoms with Gasteiger partial charge in [0.2, 0.25) is 0 Å². The molecular formula is C20H26O. The van der Waals surface area contributed by atoms with Crippen LogP contribution < -0.4 is 0 Å². The van der Waals surface area contributed by atoms with E-state index in [0.717, 1.165) is 31.2 Å². The minimum Gasteiger partial charge on any atom is -0.295 e. The van der Waals surface area contributed by atoms with E-state index in [1.165, 1.54) is 34.7 Å². The van der Waals surface area contributed by atoms with Crippen molar-refractivity contribution in [3.63, 3.8) is 0 Å². The number of fused-ring (bicyclic) bond motifs is 1. The fourth-order valence-corrected chi connectivity index (χ4v) is 2.92. The van der Waals surface area contributed by atoms with Gasteiger partial charge in [-0.3, -0.25) is 4.79 Å². The molecule has 0 aromatic heterocycles. The van der Waals surface area contributed by atoms with Gasteiger partial charge in [-0.1, -0.05) is 51.0 Å². The van der Waals surface area contributed by atoms with Crippen LogP contribution in [0.3, 0.4) is 0 Å². The second kappa shape index (κ2) is 7.40. The van der Waals surface area contributed by atoms with Gasteiger partial charge in [-0.15, -0.1) is 0 Å². The van der Waals surface area contributed by atoms with Crippen LogP contribution in [0.2, 0.25) is 0 Å². The molecule has 0 aliphatic rings. The van der Waals surface area contributed by atoms with Crippen molar-refractivity contribution in [1.82, 2.24) is 0 Å². The fraction of sp³-hybridized carbons (Fsp3) is 0.450. The summed E-state index contributed by atoms with van der Waals surface area (Å²) in [6, 6.07) is 10.8. The van der Waals surface area contributed by atoms with Crippen molar-refractivity contribution >= 4 is 16.6 Å². The number of ketones is 1. The summed E-state index contributed by atoms with van der Waals surface area (Å²) >= 11 is 0. The highest BCUT2D eigenvalue weighted by molar-refractivity contribution is 6.00. The lowest BCUT2D eigenvalue weighted by atomic mass is 9.92. The zero-order valence-electron chi connectivity index (χ0n) is 13.5. The first-order valence-corrected chi connectivity index (χ1v) is 8.22. The minimum atomic E-state index is 0.182. The number of hydrogen-bond acceptors (Lipinski definition) is 1. The molecule has 0 radical (unpaired) electrons. The van der Waals surface area contributed by atoms with Crippen LogP contribution >= 0.6 is 0 Å². The predicted octanol–water partition coefficient (Wildman–Crippen LogP) is 5.73. The van der Waals surface area contributed by atoms with Crippen LogP contribution in [0, 0.1) is 0 Å². The number of Topliss-reactive ketones (excluding diaryl/α,β-unsaturated/α-hetero) is 1. The van der Waals surface area contributed by atoms with E-state index in [4.69, 9.17) is 0 Å². The maximum absolute atomic E-state index is 11.9. The molecule has 0 atom stereocenters. The first-order valence-electron chi connectivity index (χ1n) is 8.22. The van der Waals surface area contributed by atoms with Crippen molar-refractivity contribution in [3.05, 3.63) is 47.0 Å². The molecule has 112 valence electrons. The lowest BCUT2D eigenvalue weighted by Crippen LogP contribution is -2.01. The molecule has 2 rings (SSSR count). The van der Waals surface area contributed by atoms with Gasteiger partial charge in [0.1, 0.15) is 0 Å². The van der Waals surface area contributed by atoms with Gasteiger partial charge in [-0.05, 0) is 60.6 Å². The summed E-state index contributed by atoms with van der Waals surface area (Å²) in [5, 5.41) is 2.54. The smallest absolute Gasteiger partial charge is 0.160 e. The van der Waals surface area contributed by atoms with E-state index in [1.54, 1.807) is 6.92 Å². The first-order chi connectivity index (χ1) is 10.2. The molecule has 0 aliphatic heterocycles. The summed E-state index contributed by atoms with van der Waals surface area (Å²) < 4.78 is 0. The Labute approximate surface area is 128 Å². The van der Waals surface area contributed by atoms with E-state index < -0.39 is 0 Å². The van der Waals surface area contributed by atoms with Crippen molar-refractivity contribution in [2.24, 2.45) is 0 Å². The Hall–Kier alpha value is -1.63. The summed E-state index contributed by atoms with van der Waals surface area (Å²) in [5.41, 5.74) is 3.55. The van der Waals surface area contributed by atoms with Crippen LogP contribution in [0.1, 0.15) is 67.9 Å². The second-order valence-electron chi connectivity index (χ2n) is 5.91. The largest absolute Gasteiger partial charge is 0.295 e. The highest BCUT2D eigenvalue weighted by atomic mass is 16.1. The van der Waals surface area contributed by atoms with Crippen molar-refractivity contribution in [2.45, 2.75) is 59.3 Å². The fourth-order valence-electron chi connectivity index (χ4n) is 2.92. The Bertz CT molecular complexity index is 625. The molecule has 2 aromatic rings. The van der Waals surface area contributed by atoms with Crippen LogP contribution in [-0.4, -0.2) is 5.78 Å². The summed E-state index contributed by atoms with van der Waals surface area (Å²) in [6.07, 6.45) is 6.86. The number of carbonyl (C=O) groups excluding carboxylic acids is 1. The number of aryl methyl sites for hydroxylation is 2. The van der Waals surface area contributed by atoms with Crippen LogP contribution in [0.5, 0.6) is 0 Å². The van der Waals surface area contributed by atoms with Gasteiger partial charge < -0.3 is 0 Å². The van der Waals surface area contributed by atoms with E-state index in [-0.39, 0.29) is 5.78 Å². The lowest BCUT2D eigenvalue weighted by molar-refractivity contribution is 0.101. The maximum atomic E-state index is 11.9. The van der Waals surface area contributed by atoms with Crippen LogP contribution in [-0.2, 0) is 12.8 Å². The average molecular weight is 282 g/mol. The summed E-state index contributed by atoms with van der Waals surface area (Å²) in [5.74, 6) is 0.182. The lowest BCUT2D eigenvalue weighted by Gasteiger charge is -2.12. The van der Waals surface area contributed by atoms with E-state index in [2.05, 4.69) is 44.2 Å². The Kier molecular flexibility index (Phi) is 5.55. The van der Waals surface area contributed by atoms with E-state index in [9.17, 15) is 4.79 Å². The molecule has 1 nitrogen and oxygen atoms in total. The van der Waals surface area contributed by atoms with Gasteiger partial charge in [-0.2, -0.15) is 0 Å². The monoisotopic (exact) mass is 282 g/mol. The Morgan fingerprint density at radius 2 is 1.62 bits per heavy atom. The van der Waals surface area contributed by atoms with Gasteiger partial charge in [0.25, 0.3) is 0 Å². The Morgan fingerprint density at radius 1 is 0.952 bits per heavy atom. The molecule has 0 aliphatic carbocycles. The third-order valence-electron chi connectivity index (χ3n) is 4.17. The molecule has 0 unspecified atom stereocenters. The standard InChI is InChI=1S/C20H26O/c1-4-6-9-16-11-8-12-18-13-19(15(3)21)17(10-7-5-2)14-20(16)18/h8,11-14H,4-7,9-10H2,1-3H3. The third-order valence-corrected chi connectivity index (χ3v) is 4.17. The van der Waals surface area contributed by atoms with Gasteiger partial charge >= 0.3 is 0 Å². The second-order valence-corrected chi connectivity index (χ2v) is 5.91. The van der Waals surface area contributed by atoms with Crippen molar-refractivity contribution in [3.8, 4) is 0 Å². The van der Waals surface area contributed by atoms with Gasteiger partial charge in [0.05, 0.1) is 0 Å². The van der Waals surface area contributed by atoms with Crippen LogP contribution in [0.25, 0.3) is 10.8 Å². The average Bonchev–Trinajstić information content (AvgIpc) is 2.49. The Morgan fingerprint density at radius 3 is 2.24 bits per heavy atom. The first kappa shape index (κ1) is 15.8. The summed E-state index contributed by atoms with van der Waals surface area (Å²) in [4.78, 5) is 11.9. The summed E-state index contributed by atoms with van der Waals surface area (Å²) in [7, 11) is 0. The zero-order valence-corrected chi connectivity index (χ0v) is 13.5. The normalized spacial score (nSPS) is 11.0. The van der Waals surface area contributed by atoms with E-state index in [1.807, 2.05) is 0 Å². The number of hydrogen-bond donors (Lipinski definition) is 0. The van der Waals surface area contributed by atoms with Gasteiger partial charge in [0, 0.05) is 5.56 Å². The molecule has 0 amide bonds. The zero-order chi connectivity index (χ0) is 15.2. The molecule has 0 fully saturated rings. The molecule has 0 N–H and O–H groups in total. The van der Waals surface area contributed by atoms with Crippen molar-refractivity contribution < 1.29 is 4.79 Å². The molecule has 1 heteroatoms. The topological polar surface area (TPSA) is 17.1 Å². The van der Waals surface area contributed by atoms with E-state index >= 15 is 0 Å². The van der Waals surface area contributed by atoms with E-state index in [0.29, 0.717) is 0 Å². The molecule has 0 saturated carbocycles. The molecular weight excluding hydrogens is 256 g/mol. The van der Waals surface area contributed by atoms with Gasteiger partial charge in [-0.25, -0.2) is 0 Å². The number of benzene rings is 2. The minimum absolute atomic E-state index is 0.182. The quantitative estimate of drug-likeness (QED) is 0.593. The highest BCUT2D eigenvalue weighted by Gasteiger charge is 2.10. The molecule has 0 saturated heterocycles. The van der Waals surface area contributed by atoms with Crippen LogP contribution in [0.15, 0.2) is 30.3 Å². The number of carbonyl (C=O) groups is 1. The van der Waals surface area contributed by atoms with Crippen molar-refractivity contribution in [2.75, 3.05) is 0 Å². The van der Waals surface area contributed by atoms with Gasteiger partial charge in [0.15, 0.2) is 5.78 Å². The summed E-state index contributed by atoms with van der Waals surface area (Å²) in [6.45, 7) is 6.10. The van der Waals surface area contributed by atoms with Crippen molar-refractivity contribution in [1.29, 1.82) is 0 Å². The number of rotatable bonds is 7. The van der Waals surface area contributed by atoms with Crippen LogP contribution in [0.4, 0.5) is 0 Å². The highest BCUT2D eigenvalue weighted by Crippen LogP contribution is 2.26. The molecule has 0 bridgehead atoms.